The van der Waals surface area contributed by atoms with Gasteiger partial charge in [0.2, 0.25) is 11.8 Å². The number of rotatable bonds is 6. The van der Waals surface area contributed by atoms with Crippen LogP contribution in [0.4, 0.5) is 0 Å². The third-order valence-electron chi connectivity index (χ3n) is 2.97. The number of aryl methyl sites for hydroxylation is 2. The summed E-state index contributed by atoms with van der Waals surface area (Å²) in [5.74, 6) is 0.0238. The fraction of sp³-hybridized carbons (Fsp3) is 0.467. The van der Waals surface area contributed by atoms with Gasteiger partial charge >= 0.3 is 0 Å². The summed E-state index contributed by atoms with van der Waals surface area (Å²) in [4.78, 5) is 24.3. The van der Waals surface area contributed by atoms with E-state index in [4.69, 9.17) is 0 Å². The van der Waals surface area contributed by atoms with Crippen LogP contribution in [0.15, 0.2) is 23.1 Å². The van der Waals surface area contributed by atoms with Gasteiger partial charge in [0.05, 0.1) is 5.75 Å². The Morgan fingerprint density at radius 2 is 1.95 bits per heavy atom. The fourth-order valence-electron chi connectivity index (χ4n) is 1.63. The van der Waals surface area contributed by atoms with Gasteiger partial charge in [-0.2, -0.15) is 0 Å². The number of hydrogen-bond donors (Lipinski definition) is 2. The summed E-state index contributed by atoms with van der Waals surface area (Å²) in [6, 6.07) is 5.63. The molecule has 20 heavy (non-hydrogen) atoms. The van der Waals surface area contributed by atoms with Gasteiger partial charge in [-0.05, 0) is 51.0 Å². The number of nitrogens with one attached hydrogen (secondary N) is 2. The summed E-state index contributed by atoms with van der Waals surface area (Å²) in [5.41, 5.74) is 2.45. The van der Waals surface area contributed by atoms with Crippen molar-refractivity contribution in [2.45, 2.75) is 38.6 Å². The Kier molecular flexibility index (Phi) is 6.58. The van der Waals surface area contributed by atoms with Crippen LogP contribution < -0.4 is 10.6 Å². The summed E-state index contributed by atoms with van der Waals surface area (Å²) in [7, 11) is 0. The molecule has 4 nitrogen and oxygen atoms in total. The van der Waals surface area contributed by atoms with Crippen molar-refractivity contribution >= 4 is 23.6 Å². The van der Waals surface area contributed by atoms with Gasteiger partial charge in [0.25, 0.3) is 0 Å². The second-order valence-corrected chi connectivity index (χ2v) is 5.77. The van der Waals surface area contributed by atoms with Crippen molar-refractivity contribution in [3.8, 4) is 0 Å². The molecule has 0 unspecified atom stereocenters. The Balaban J connectivity index is 2.43. The average Bonchev–Trinajstić information content (AvgIpc) is 2.40. The molecule has 0 aromatic heterocycles. The van der Waals surface area contributed by atoms with Crippen LogP contribution in [-0.2, 0) is 9.59 Å². The topological polar surface area (TPSA) is 58.2 Å². The van der Waals surface area contributed by atoms with Crippen LogP contribution in [-0.4, -0.2) is 30.2 Å². The monoisotopic (exact) mass is 294 g/mol. The zero-order valence-corrected chi connectivity index (χ0v) is 13.3. The maximum Gasteiger partial charge on any atom is 0.242 e. The van der Waals surface area contributed by atoms with E-state index >= 15 is 0 Å². The average molecular weight is 294 g/mol. The molecule has 0 spiro atoms. The lowest BCUT2D eigenvalue weighted by atomic mass is 10.1. The maximum atomic E-state index is 11.8. The minimum Gasteiger partial charge on any atom is -0.355 e. The minimum absolute atomic E-state index is 0.132. The molecule has 1 aromatic carbocycles. The second kappa shape index (κ2) is 7.94. The summed E-state index contributed by atoms with van der Waals surface area (Å²) in [6.45, 7) is 8.21. The smallest absolute Gasteiger partial charge is 0.242 e. The quantitative estimate of drug-likeness (QED) is 0.789. The van der Waals surface area contributed by atoms with E-state index in [1.165, 1.54) is 22.9 Å². The van der Waals surface area contributed by atoms with E-state index in [9.17, 15) is 9.59 Å². The number of thioether (sulfide) groups is 1. The van der Waals surface area contributed by atoms with Crippen molar-refractivity contribution in [1.29, 1.82) is 0 Å². The van der Waals surface area contributed by atoms with Gasteiger partial charge < -0.3 is 10.6 Å². The predicted molar refractivity (Wildman–Crippen MR) is 82.9 cm³/mol. The third kappa shape index (κ3) is 5.25. The summed E-state index contributed by atoms with van der Waals surface area (Å²) < 4.78 is 0. The highest BCUT2D eigenvalue weighted by Crippen LogP contribution is 2.20. The van der Waals surface area contributed by atoms with E-state index in [2.05, 4.69) is 30.5 Å². The molecule has 0 aliphatic carbocycles. The van der Waals surface area contributed by atoms with E-state index in [1.54, 1.807) is 6.92 Å². The van der Waals surface area contributed by atoms with Crippen LogP contribution in [0, 0.1) is 13.8 Å². The Morgan fingerprint density at radius 1 is 1.25 bits per heavy atom. The van der Waals surface area contributed by atoms with Crippen LogP contribution in [0.1, 0.15) is 25.0 Å². The lowest BCUT2D eigenvalue weighted by Crippen LogP contribution is -2.45. The lowest BCUT2D eigenvalue weighted by molar-refractivity contribution is -0.127. The molecule has 2 N–H and O–H groups in total. The van der Waals surface area contributed by atoms with E-state index in [0.717, 1.165) is 4.90 Å². The van der Waals surface area contributed by atoms with Gasteiger partial charge in [0.15, 0.2) is 0 Å². The molecule has 5 heteroatoms. The molecule has 110 valence electrons. The number of amides is 2. The fourth-order valence-corrected chi connectivity index (χ4v) is 2.43. The molecule has 0 aliphatic heterocycles. The molecular weight excluding hydrogens is 272 g/mol. The molecule has 2 amide bonds. The molecule has 0 fully saturated rings. The summed E-state index contributed by atoms with van der Waals surface area (Å²) >= 11 is 1.47. The van der Waals surface area contributed by atoms with Crippen molar-refractivity contribution in [3.05, 3.63) is 29.3 Å². The van der Waals surface area contributed by atoms with Gasteiger partial charge in [-0.25, -0.2) is 0 Å². The zero-order valence-electron chi connectivity index (χ0n) is 12.4. The van der Waals surface area contributed by atoms with Gasteiger partial charge in [0.1, 0.15) is 6.04 Å². The van der Waals surface area contributed by atoms with Crippen molar-refractivity contribution in [2.75, 3.05) is 12.3 Å². The maximum absolute atomic E-state index is 11.8. The van der Waals surface area contributed by atoms with Crippen LogP contribution in [0.25, 0.3) is 0 Å². The van der Waals surface area contributed by atoms with E-state index in [0.29, 0.717) is 12.3 Å². The van der Waals surface area contributed by atoms with Crippen LogP contribution in [0.3, 0.4) is 0 Å². The molecule has 0 heterocycles. The largest absolute Gasteiger partial charge is 0.355 e. The number of hydrogen-bond acceptors (Lipinski definition) is 3. The molecule has 0 saturated heterocycles. The Hall–Kier alpha value is -1.49. The molecular formula is C15H22N2O2S. The first kappa shape index (κ1) is 16.6. The van der Waals surface area contributed by atoms with Gasteiger partial charge in [-0.3, -0.25) is 9.59 Å². The molecule has 0 bridgehead atoms. The Bertz CT molecular complexity index is 489. The molecule has 1 atom stereocenters. The van der Waals surface area contributed by atoms with Crippen molar-refractivity contribution in [1.82, 2.24) is 10.6 Å². The molecule has 0 aliphatic rings. The van der Waals surface area contributed by atoms with Gasteiger partial charge in [0, 0.05) is 11.4 Å². The third-order valence-corrected chi connectivity index (χ3v) is 3.96. The van der Waals surface area contributed by atoms with Crippen LogP contribution in [0.2, 0.25) is 0 Å². The van der Waals surface area contributed by atoms with E-state index in [-0.39, 0.29) is 11.8 Å². The molecule has 1 rings (SSSR count). The van der Waals surface area contributed by atoms with Crippen LogP contribution >= 0.6 is 11.8 Å². The van der Waals surface area contributed by atoms with Crippen molar-refractivity contribution < 1.29 is 9.59 Å². The minimum atomic E-state index is -0.497. The highest BCUT2D eigenvalue weighted by Gasteiger charge is 2.14. The number of benzene rings is 1. The summed E-state index contributed by atoms with van der Waals surface area (Å²) in [5, 5.41) is 5.37. The first-order chi connectivity index (χ1) is 9.43. The highest BCUT2D eigenvalue weighted by molar-refractivity contribution is 8.00. The molecule has 1 aromatic rings. The number of likely N-dealkylation sites (N-methyl/N-ethyl adjacent to an activating group) is 1. The lowest BCUT2D eigenvalue weighted by Gasteiger charge is -2.13. The normalized spacial score (nSPS) is 11.8. The SMILES string of the molecule is CCNC(=O)[C@H](C)NC(=O)CSc1ccc(C)c(C)c1. The highest BCUT2D eigenvalue weighted by atomic mass is 32.2. The first-order valence-electron chi connectivity index (χ1n) is 6.71. The van der Waals surface area contributed by atoms with Gasteiger partial charge in [-0.1, -0.05) is 6.07 Å². The Labute approximate surface area is 124 Å². The van der Waals surface area contributed by atoms with Crippen molar-refractivity contribution in [2.24, 2.45) is 0 Å². The van der Waals surface area contributed by atoms with Gasteiger partial charge in [-0.15, -0.1) is 11.8 Å². The molecule has 0 radical (unpaired) electrons. The van der Waals surface area contributed by atoms with E-state index < -0.39 is 6.04 Å². The first-order valence-corrected chi connectivity index (χ1v) is 7.69. The standard InChI is InChI=1S/C15H22N2O2S/c1-5-16-15(19)12(4)17-14(18)9-20-13-7-6-10(2)11(3)8-13/h6-8,12H,5,9H2,1-4H3,(H,16,19)(H,17,18)/t12-/m0/s1. The zero-order chi connectivity index (χ0) is 15.1. The number of carbonyl (C=O) groups is 2. The Morgan fingerprint density at radius 3 is 2.55 bits per heavy atom. The molecule has 0 saturated carbocycles. The second-order valence-electron chi connectivity index (χ2n) is 4.72. The number of carbonyl (C=O) groups excluding carboxylic acids is 2. The summed E-state index contributed by atoms with van der Waals surface area (Å²) in [6.07, 6.45) is 0. The predicted octanol–water partition coefficient (Wildman–Crippen LogP) is 2.04. The van der Waals surface area contributed by atoms with E-state index in [1.807, 2.05) is 19.1 Å². The van der Waals surface area contributed by atoms with Crippen molar-refractivity contribution in [3.63, 3.8) is 0 Å². The van der Waals surface area contributed by atoms with Crippen LogP contribution in [0.5, 0.6) is 0 Å².